The van der Waals surface area contributed by atoms with E-state index in [4.69, 9.17) is 9.52 Å². The minimum absolute atomic E-state index is 0.243. The summed E-state index contributed by atoms with van der Waals surface area (Å²) in [5, 5.41) is 20.4. The molecule has 1 aromatic rings. The van der Waals surface area contributed by atoms with Crippen LogP contribution in [0.4, 0.5) is 0 Å². The van der Waals surface area contributed by atoms with Gasteiger partial charge in [-0.3, -0.25) is 4.79 Å². The van der Waals surface area contributed by atoms with E-state index in [-0.39, 0.29) is 13.0 Å². The Hall–Kier alpha value is -1.33. The third-order valence-corrected chi connectivity index (χ3v) is 1.67. The third-order valence-electron chi connectivity index (χ3n) is 1.67. The zero-order chi connectivity index (χ0) is 10.4. The van der Waals surface area contributed by atoms with Crippen LogP contribution in [0.15, 0.2) is 22.8 Å². The van der Waals surface area contributed by atoms with Gasteiger partial charge < -0.3 is 19.9 Å². The van der Waals surface area contributed by atoms with Crippen molar-refractivity contribution < 1.29 is 19.4 Å². The third kappa shape index (κ3) is 4.06. The number of aliphatic carboxylic acids is 1. The minimum Gasteiger partial charge on any atom is -0.481 e. The first-order valence-corrected chi connectivity index (χ1v) is 4.31. The summed E-state index contributed by atoms with van der Waals surface area (Å²) < 4.78 is 5.04. The summed E-state index contributed by atoms with van der Waals surface area (Å²) in [6, 6.07) is 3.57. The number of carboxylic acids is 1. The van der Waals surface area contributed by atoms with Gasteiger partial charge in [-0.25, -0.2) is 0 Å². The number of nitrogens with one attached hydrogen (secondary N) is 1. The summed E-state index contributed by atoms with van der Waals surface area (Å²) in [6.45, 7) is 0.733. The van der Waals surface area contributed by atoms with Crippen LogP contribution < -0.4 is 5.32 Å². The molecule has 5 heteroatoms. The lowest BCUT2D eigenvalue weighted by atomic mass is 10.2. The number of carbonyl (C=O) groups is 1. The Morgan fingerprint density at radius 1 is 1.64 bits per heavy atom. The van der Waals surface area contributed by atoms with Gasteiger partial charge in [-0.2, -0.15) is 0 Å². The van der Waals surface area contributed by atoms with E-state index in [1.807, 2.05) is 0 Å². The molecule has 0 bridgehead atoms. The highest BCUT2D eigenvalue weighted by Crippen LogP contribution is 1.98. The van der Waals surface area contributed by atoms with E-state index in [0.29, 0.717) is 6.54 Å². The summed E-state index contributed by atoms with van der Waals surface area (Å²) in [4.78, 5) is 10.2. The van der Waals surface area contributed by atoms with Crippen LogP contribution >= 0.6 is 0 Å². The summed E-state index contributed by atoms with van der Waals surface area (Å²) in [7, 11) is 0. The van der Waals surface area contributed by atoms with Crippen LogP contribution in [0, 0.1) is 0 Å². The maximum atomic E-state index is 10.2. The number of hydrogen-bond donors (Lipinski definition) is 3. The molecule has 1 unspecified atom stereocenters. The zero-order valence-electron chi connectivity index (χ0n) is 7.64. The summed E-state index contributed by atoms with van der Waals surface area (Å²) in [6.07, 6.45) is 0.456. The summed E-state index contributed by atoms with van der Waals surface area (Å²) in [5.74, 6) is -0.246. The molecular weight excluding hydrogens is 186 g/mol. The van der Waals surface area contributed by atoms with Crippen LogP contribution in [0.1, 0.15) is 12.2 Å². The van der Waals surface area contributed by atoms with E-state index in [0.717, 1.165) is 5.76 Å². The molecule has 1 aromatic heterocycles. The van der Waals surface area contributed by atoms with Crippen LogP contribution in [0.2, 0.25) is 0 Å². The van der Waals surface area contributed by atoms with E-state index >= 15 is 0 Å². The van der Waals surface area contributed by atoms with Gasteiger partial charge in [0.1, 0.15) is 5.76 Å². The lowest BCUT2D eigenvalue weighted by Crippen LogP contribution is -2.28. The van der Waals surface area contributed by atoms with Gasteiger partial charge in [0.2, 0.25) is 0 Å². The van der Waals surface area contributed by atoms with Gasteiger partial charge in [-0.05, 0) is 12.1 Å². The Bertz CT molecular complexity index is 270. The van der Waals surface area contributed by atoms with Crippen molar-refractivity contribution in [2.24, 2.45) is 0 Å². The van der Waals surface area contributed by atoms with Crippen molar-refractivity contribution in [1.82, 2.24) is 5.32 Å². The van der Waals surface area contributed by atoms with Crippen molar-refractivity contribution in [3.63, 3.8) is 0 Å². The van der Waals surface area contributed by atoms with Crippen molar-refractivity contribution in [2.75, 3.05) is 6.54 Å². The second kappa shape index (κ2) is 5.41. The van der Waals surface area contributed by atoms with Crippen molar-refractivity contribution in [3.8, 4) is 0 Å². The second-order valence-electron chi connectivity index (χ2n) is 2.96. The Morgan fingerprint density at radius 2 is 2.43 bits per heavy atom. The molecule has 78 valence electrons. The normalized spacial score (nSPS) is 12.6. The number of rotatable bonds is 6. The quantitative estimate of drug-likeness (QED) is 0.609. The molecule has 1 heterocycles. The molecule has 0 saturated heterocycles. The first kappa shape index (κ1) is 10.7. The molecule has 0 spiro atoms. The molecule has 0 aliphatic rings. The average molecular weight is 199 g/mol. The molecule has 0 aromatic carbocycles. The van der Waals surface area contributed by atoms with E-state index in [9.17, 15) is 9.90 Å². The number of aliphatic hydroxyl groups is 1. The minimum atomic E-state index is -1.00. The van der Waals surface area contributed by atoms with Crippen molar-refractivity contribution >= 4 is 5.97 Å². The fourth-order valence-electron chi connectivity index (χ4n) is 1.05. The number of furan rings is 1. The van der Waals surface area contributed by atoms with Gasteiger partial charge in [-0.15, -0.1) is 0 Å². The van der Waals surface area contributed by atoms with Gasteiger partial charge in [0.15, 0.2) is 0 Å². The SMILES string of the molecule is O=C(O)CC(O)CNCc1ccco1. The predicted molar refractivity (Wildman–Crippen MR) is 48.7 cm³/mol. The Morgan fingerprint density at radius 3 is 3.00 bits per heavy atom. The largest absolute Gasteiger partial charge is 0.481 e. The maximum Gasteiger partial charge on any atom is 0.306 e. The van der Waals surface area contributed by atoms with Crippen LogP contribution in [0.5, 0.6) is 0 Å². The standard InChI is InChI=1S/C9H13NO4/c11-7(4-9(12)13)5-10-6-8-2-1-3-14-8/h1-3,7,10-11H,4-6H2,(H,12,13). The van der Waals surface area contributed by atoms with Crippen LogP contribution in [0.25, 0.3) is 0 Å². The summed E-state index contributed by atoms with van der Waals surface area (Å²) in [5.41, 5.74) is 0. The van der Waals surface area contributed by atoms with Crippen molar-refractivity contribution in [1.29, 1.82) is 0 Å². The first-order chi connectivity index (χ1) is 6.68. The van der Waals surface area contributed by atoms with Crippen LogP contribution in [0.3, 0.4) is 0 Å². The molecule has 0 aliphatic carbocycles. The Kier molecular flexibility index (Phi) is 4.15. The van der Waals surface area contributed by atoms with Crippen LogP contribution in [-0.4, -0.2) is 28.8 Å². The highest BCUT2D eigenvalue weighted by Gasteiger charge is 2.08. The van der Waals surface area contributed by atoms with Gasteiger partial charge in [0.05, 0.1) is 25.3 Å². The molecule has 0 aliphatic heterocycles. The zero-order valence-corrected chi connectivity index (χ0v) is 7.64. The molecule has 5 nitrogen and oxygen atoms in total. The van der Waals surface area contributed by atoms with Gasteiger partial charge in [0, 0.05) is 6.54 Å². The molecule has 0 saturated carbocycles. The van der Waals surface area contributed by atoms with Gasteiger partial charge >= 0.3 is 5.97 Å². The van der Waals surface area contributed by atoms with E-state index < -0.39 is 12.1 Å². The monoisotopic (exact) mass is 199 g/mol. The van der Waals surface area contributed by atoms with Gasteiger partial charge in [0.25, 0.3) is 0 Å². The number of carboxylic acid groups (broad SMARTS) is 1. The maximum absolute atomic E-state index is 10.2. The molecule has 14 heavy (non-hydrogen) atoms. The topological polar surface area (TPSA) is 82.7 Å². The lowest BCUT2D eigenvalue weighted by molar-refractivity contribution is -0.139. The smallest absolute Gasteiger partial charge is 0.306 e. The Labute approximate surface area is 81.4 Å². The molecule has 0 fully saturated rings. The second-order valence-corrected chi connectivity index (χ2v) is 2.96. The van der Waals surface area contributed by atoms with Gasteiger partial charge in [-0.1, -0.05) is 0 Å². The average Bonchev–Trinajstić information content (AvgIpc) is 2.55. The lowest BCUT2D eigenvalue weighted by Gasteiger charge is -2.07. The highest BCUT2D eigenvalue weighted by atomic mass is 16.4. The predicted octanol–water partition coefficient (Wildman–Crippen LogP) is 0.205. The summed E-state index contributed by atoms with van der Waals surface area (Å²) >= 11 is 0. The highest BCUT2D eigenvalue weighted by molar-refractivity contribution is 5.67. The van der Waals surface area contributed by atoms with E-state index in [1.165, 1.54) is 0 Å². The Balaban J connectivity index is 2.12. The van der Waals surface area contributed by atoms with Crippen LogP contribution in [-0.2, 0) is 11.3 Å². The molecule has 1 atom stereocenters. The molecule has 1 rings (SSSR count). The fourth-order valence-corrected chi connectivity index (χ4v) is 1.05. The molecular formula is C9H13NO4. The first-order valence-electron chi connectivity index (χ1n) is 4.31. The number of hydrogen-bond acceptors (Lipinski definition) is 4. The van der Waals surface area contributed by atoms with Crippen molar-refractivity contribution in [2.45, 2.75) is 19.1 Å². The molecule has 0 radical (unpaired) electrons. The van der Waals surface area contributed by atoms with Crippen molar-refractivity contribution in [3.05, 3.63) is 24.2 Å². The molecule has 3 N–H and O–H groups in total. The van der Waals surface area contributed by atoms with E-state index in [1.54, 1.807) is 18.4 Å². The number of aliphatic hydroxyl groups excluding tert-OH is 1. The van der Waals surface area contributed by atoms with E-state index in [2.05, 4.69) is 5.32 Å². The molecule has 0 amide bonds. The fraction of sp³-hybridized carbons (Fsp3) is 0.444.